The van der Waals surface area contributed by atoms with Gasteiger partial charge in [0.1, 0.15) is 0 Å². The number of aliphatic imine (C=N–C) groups is 1. The fourth-order valence-electron chi connectivity index (χ4n) is 2.88. The van der Waals surface area contributed by atoms with Crippen LogP contribution in [0.4, 0.5) is 0 Å². The molecule has 1 saturated heterocycles. The Kier molecular flexibility index (Phi) is 10.5. The third-order valence-electron chi connectivity index (χ3n) is 4.48. The molecule has 3 N–H and O–H groups in total. The average molecular weight is 474 g/mol. The molecule has 1 aliphatic rings. The molecule has 2 rings (SSSR count). The number of likely N-dealkylation sites (tertiary alicyclic amines) is 1. The first kappa shape index (κ1) is 22.6. The van der Waals surface area contributed by atoms with E-state index in [9.17, 15) is 4.79 Å². The third kappa shape index (κ3) is 7.86. The summed E-state index contributed by atoms with van der Waals surface area (Å²) in [5, 5.41) is 9.53. The van der Waals surface area contributed by atoms with Crippen LogP contribution in [-0.2, 0) is 11.2 Å². The number of hydrogen-bond donors (Lipinski definition) is 3. The number of carbonyl (C=O) groups excluding carboxylic acids is 1. The summed E-state index contributed by atoms with van der Waals surface area (Å²) in [7, 11) is 3.47. The van der Waals surface area contributed by atoms with Crippen LogP contribution in [0.5, 0.6) is 0 Å². The van der Waals surface area contributed by atoms with Gasteiger partial charge in [-0.15, -0.1) is 24.0 Å². The Balaban J connectivity index is 0.00000338. The lowest BCUT2D eigenvalue weighted by Crippen LogP contribution is -2.50. The van der Waals surface area contributed by atoms with Crippen LogP contribution in [0.2, 0.25) is 0 Å². The van der Waals surface area contributed by atoms with E-state index in [4.69, 9.17) is 0 Å². The van der Waals surface area contributed by atoms with E-state index in [1.165, 1.54) is 5.56 Å². The van der Waals surface area contributed by atoms with Gasteiger partial charge in [0, 0.05) is 51.7 Å². The normalized spacial score (nSPS) is 15.9. The molecule has 0 spiro atoms. The molecule has 0 atom stereocenters. The quantitative estimate of drug-likeness (QED) is 0.325. The van der Waals surface area contributed by atoms with Gasteiger partial charge in [-0.1, -0.05) is 6.07 Å². The van der Waals surface area contributed by atoms with E-state index in [0.717, 1.165) is 50.6 Å². The summed E-state index contributed by atoms with van der Waals surface area (Å²) in [5.41, 5.74) is 2.26. The number of piperidine rings is 1. The van der Waals surface area contributed by atoms with Gasteiger partial charge in [0.2, 0.25) is 5.91 Å². The first-order valence-electron chi connectivity index (χ1n) is 8.92. The molecule has 1 aliphatic heterocycles. The number of guanidine groups is 1. The molecule has 1 fully saturated rings. The van der Waals surface area contributed by atoms with Gasteiger partial charge in [0.15, 0.2) is 5.96 Å². The number of aromatic nitrogens is 1. The molecule has 0 radical (unpaired) electrons. The molecule has 26 heavy (non-hydrogen) atoms. The molecule has 1 aromatic rings. The van der Waals surface area contributed by atoms with Gasteiger partial charge >= 0.3 is 0 Å². The van der Waals surface area contributed by atoms with Gasteiger partial charge in [0.05, 0.1) is 6.54 Å². The second kappa shape index (κ2) is 12.1. The Labute approximate surface area is 173 Å². The van der Waals surface area contributed by atoms with Crippen LogP contribution in [0.1, 0.15) is 24.1 Å². The number of aryl methyl sites for hydroxylation is 1. The van der Waals surface area contributed by atoms with Crippen LogP contribution >= 0.6 is 24.0 Å². The van der Waals surface area contributed by atoms with Gasteiger partial charge in [-0.3, -0.25) is 19.7 Å². The maximum absolute atomic E-state index is 11.4. The van der Waals surface area contributed by atoms with Crippen molar-refractivity contribution in [3.63, 3.8) is 0 Å². The lowest BCUT2D eigenvalue weighted by Gasteiger charge is -2.32. The summed E-state index contributed by atoms with van der Waals surface area (Å²) in [6, 6.07) is 4.55. The van der Waals surface area contributed by atoms with Crippen molar-refractivity contribution < 1.29 is 4.79 Å². The summed E-state index contributed by atoms with van der Waals surface area (Å²) < 4.78 is 0. The maximum Gasteiger partial charge on any atom is 0.233 e. The molecular weight excluding hydrogens is 443 g/mol. The number of hydrogen-bond acceptors (Lipinski definition) is 4. The average Bonchev–Trinajstić information content (AvgIpc) is 2.63. The van der Waals surface area contributed by atoms with Crippen LogP contribution in [0.3, 0.4) is 0 Å². The molecule has 0 aliphatic carbocycles. The fourth-order valence-corrected chi connectivity index (χ4v) is 2.88. The highest BCUT2D eigenvalue weighted by molar-refractivity contribution is 14.0. The highest BCUT2D eigenvalue weighted by Crippen LogP contribution is 2.09. The predicted octanol–water partition coefficient (Wildman–Crippen LogP) is 0.926. The SMILES string of the molecule is CN=C(NCCc1ccc(C)nc1)NC1CCN(CC(=O)NC)CC1.I. The minimum atomic E-state index is 0. The summed E-state index contributed by atoms with van der Waals surface area (Å²) in [6.07, 6.45) is 4.87. The molecule has 0 unspecified atom stereocenters. The first-order valence-corrected chi connectivity index (χ1v) is 8.92. The highest BCUT2D eigenvalue weighted by atomic mass is 127. The van der Waals surface area contributed by atoms with Crippen molar-refractivity contribution >= 4 is 35.8 Å². The van der Waals surface area contributed by atoms with E-state index in [1.807, 2.05) is 19.2 Å². The summed E-state index contributed by atoms with van der Waals surface area (Å²) in [4.78, 5) is 22.3. The zero-order valence-electron chi connectivity index (χ0n) is 15.9. The van der Waals surface area contributed by atoms with Crippen LogP contribution in [0.15, 0.2) is 23.3 Å². The Bertz CT molecular complexity index is 570. The van der Waals surface area contributed by atoms with Gasteiger partial charge < -0.3 is 16.0 Å². The van der Waals surface area contributed by atoms with E-state index in [1.54, 1.807) is 14.1 Å². The van der Waals surface area contributed by atoms with E-state index in [-0.39, 0.29) is 29.9 Å². The minimum Gasteiger partial charge on any atom is -0.358 e. The Morgan fingerprint density at radius 3 is 2.65 bits per heavy atom. The van der Waals surface area contributed by atoms with Crippen molar-refractivity contribution in [2.24, 2.45) is 4.99 Å². The maximum atomic E-state index is 11.4. The summed E-state index contributed by atoms with van der Waals surface area (Å²) >= 11 is 0. The molecule has 0 aromatic carbocycles. The molecule has 8 heteroatoms. The molecule has 146 valence electrons. The Hall–Kier alpha value is -1.42. The largest absolute Gasteiger partial charge is 0.358 e. The van der Waals surface area contributed by atoms with Crippen molar-refractivity contribution in [2.45, 2.75) is 32.2 Å². The third-order valence-corrected chi connectivity index (χ3v) is 4.48. The van der Waals surface area contributed by atoms with E-state index >= 15 is 0 Å². The van der Waals surface area contributed by atoms with Gasteiger partial charge in [-0.25, -0.2) is 0 Å². The van der Waals surface area contributed by atoms with Crippen molar-refractivity contribution in [2.75, 3.05) is 40.3 Å². The number of rotatable bonds is 6. The summed E-state index contributed by atoms with van der Waals surface area (Å²) in [5.74, 6) is 0.916. The zero-order valence-corrected chi connectivity index (χ0v) is 18.2. The fraction of sp³-hybridized carbons (Fsp3) is 0.611. The molecule has 1 aromatic heterocycles. The van der Waals surface area contributed by atoms with Crippen molar-refractivity contribution in [3.8, 4) is 0 Å². The lowest BCUT2D eigenvalue weighted by atomic mass is 10.1. The van der Waals surface area contributed by atoms with Crippen LogP contribution < -0.4 is 16.0 Å². The second-order valence-electron chi connectivity index (χ2n) is 6.42. The standard InChI is InChI=1S/C18H30N6O.HI/c1-14-4-5-15(12-22-14)6-9-21-18(20-3)23-16-7-10-24(11-8-16)13-17(25)19-2;/h4-5,12,16H,6-11,13H2,1-3H3,(H,19,25)(H2,20,21,23);1H. The number of carbonyl (C=O) groups is 1. The van der Waals surface area contributed by atoms with E-state index < -0.39 is 0 Å². The molecule has 0 bridgehead atoms. The predicted molar refractivity (Wildman–Crippen MR) is 116 cm³/mol. The van der Waals surface area contributed by atoms with Crippen LogP contribution in [-0.4, -0.2) is 68.1 Å². The number of nitrogens with zero attached hydrogens (tertiary/aromatic N) is 3. The number of pyridine rings is 1. The summed E-state index contributed by atoms with van der Waals surface area (Å²) in [6.45, 7) is 5.16. The molecule has 0 saturated carbocycles. The number of halogens is 1. The molecule has 7 nitrogen and oxygen atoms in total. The van der Waals surface area contributed by atoms with Crippen LogP contribution in [0.25, 0.3) is 0 Å². The molecule has 2 heterocycles. The smallest absolute Gasteiger partial charge is 0.233 e. The van der Waals surface area contributed by atoms with Gasteiger partial charge in [-0.05, 0) is 37.8 Å². The number of likely N-dealkylation sites (N-methyl/N-ethyl adjacent to an activating group) is 1. The zero-order chi connectivity index (χ0) is 18.1. The van der Waals surface area contributed by atoms with Crippen molar-refractivity contribution in [3.05, 3.63) is 29.6 Å². The van der Waals surface area contributed by atoms with Gasteiger partial charge in [-0.2, -0.15) is 0 Å². The Morgan fingerprint density at radius 2 is 2.08 bits per heavy atom. The molecule has 1 amide bonds. The highest BCUT2D eigenvalue weighted by Gasteiger charge is 2.21. The Morgan fingerprint density at radius 1 is 1.35 bits per heavy atom. The van der Waals surface area contributed by atoms with E-state index in [2.05, 4.69) is 36.9 Å². The minimum absolute atomic E-state index is 0. The van der Waals surface area contributed by atoms with Crippen molar-refractivity contribution in [1.82, 2.24) is 25.8 Å². The monoisotopic (exact) mass is 474 g/mol. The topological polar surface area (TPSA) is 81.7 Å². The van der Waals surface area contributed by atoms with Gasteiger partial charge in [0.25, 0.3) is 0 Å². The first-order chi connectivity index (χ1) is 12.1. The lowest BCUT2D eigenvalue weighted by molar-refractivity contribution is -0.122. The number of amides is 1. The number of nitrogens with one attached hydrogen (secondary N) is 3. The van der Waals surface area contributed by atoms with Crippen molar-refractivity contribution in [1.29, 1.82) is 0 Å². The van der Waals surface area contributed by atoms with Crippen LogP contribution in [0, 0.1) is 6.92 Å². The molecular formula is C18H31IN6O. The van der Waals surface area contributed by atoms with E-state index in [0.29, 0.717) is 12.6 Å². The second-order valence-corrected chi connectivity index (χ2v) is 6.42.